The number of rotatable bonds is 8. The zero-order valence-corrected chi connectivity index (χ0v) is 16.1. The van der Waals surface area contributed by atoms with Crippen LogP contribution in [0.3, 0.4) is 0 Å². The van der Waals surface area contributed by atoms with Gasteiger partial charge in [0.15, 0.2) is 9.84 Å². The maximum Gasteiger partial charge on any atom is 0.241 e. The van der Waals surface area contributed by atoms with Crippen LogP contribution >= 0.6 is 0 Å². The van der Waals surface area contributed by atoms with Crippen LogP contribution < -0.4 is 4.72 Å². The summed E-state index contributed by atoms with van der Waals surface area (Å²) in [6.07, 6.45) is 3.82. The van der Waals surface area contributed by atoms with Gasteiger partial charge in [0.05, 0.1) is 9.79 Å². The Bertz CT molecular complexity index is 737. The topological polar surface area (TPSA) is 80.3 Å². The molecule has 1 rings (SSSR count). The van der Waals surface area contributed by atoms with Crippen molar-refractivity contribution in [2.24, 2.45) is 5.92 Å². The Kier molecular flexibility index (Phi) is 6.80. The van der Waals surface area contributed by atoms with Crippen molar-refractivity contribution in [3.05, 3.63) is 23.8 Å². The Morgan fingerprint density at radius 3 is 2.17 bits per heavy atom. The molecule has 0 aliphatic rings. The summed E-state index contributed by atoms with van der Waals surface area (Å²) in [5.74, 6) is 0.590. The summed E-state index contributed by atoms with van der Waals surface area (Å²) in [5.41, 5.74) is 0.527. The first kappa shape index (κ1) is 20.1. The van der Waals surface area contributed by atoms with Gasteiger partial charge in [-0.25, -0.2) is 21.6 Å². The van der Waals surface area contributed by atoms with Crippen molar-refractivity contribution < 1.29 is 16.8 Å². The molecule has 0 radical (unpaired) electrons. The third kappa shape index (κ3) is 6.24. The smallest absolute Gasteiger partial charge is 0.224 e. The van der Waals surface area contributed by atoms with Crippen molar-refractivity contribution >= 4 is 19.9 Å². The van der Waals surface area contributed by atoms with E-state index in [1.165, 1.54) is 18.2 Å². The van der Waals surface area contributed by atoms with E-state index in [9.17, 15) is 16.8 Å². The zero-order valence-electron chi connectivity index (χ0n) is 14.5. The summed E-state index contributed by atoms with van der Waals surface area (Å²) in [6, 6.07) is 3.98. The monoisotopic (exact) mass is 361 g/mol. The van der Waals surface area contributed by atoms with Crippen LogP contribution in [-0.4, -0.2) is 29.1 Å². The molecule has 23 heavy (non-hydrogen) atoms. The first-order valence-electron chi connectivity index (χ1n) is 7.76. The van der Waals surface area contributed by atoms with Crippen LogP contribution in [0.2, 0.25) is 0 Å². The number of sulfone groups is 1. The molecule has 1 aromatic carbocycles. The van der Waals surface area contributed by atoms with Crippen molar-refractivity contribution in [1.82, 2.24) is 4.72 Å². The third-order valence-electron chi connectivity index (χ3n) is 3.65. The minimum Gasteiger partial charge on any atom is -0.224 e. The van der Waals surface area contributed by atoms with E-state index < -0.39 is 19.9 Å². The van der Waals surface area contributed by atoms with Crippen LogP contribution in [-0.2, 0) is 19.9 Å². The fourth-order valence-electron chi connectivity index (χ4n) is 2.32. The normalized spacial score (nSPS) is 14.2. The summed E-state index contributed by atoms with van der Waals surface area (Å²) < 4.78 is 51.0. The van der Waals surface area contributed by atoms with E-state index in [4.69, 9.17) is 0 Å². The predicted molar refractivity (Wildman–Crippen MR) is 92.8 cm³/mol. The van der Waals surface area contributed by atoms with Crippen LogP contribution in [0.4, 0.5) is 0 Å². The van der Waals surface area contributed by atoms with Crippen molar-refractivity contribution in [1.29, 1.82) is 0 Å². The van der Waals surface area contributed by atoms with Gasteiger partial charge in [0.25, 0.3) is 0 Å². The second kappa shape index (κ2) is 7.77. The summed E-state index contributed by atoms with van der Waals surface area (Å²) in [6.45, 7) is 7.75. The van der Waals surface area contributed by atoms with Gasteiger partial charge in [0.2, 0.25) is 10.0 Å². The average Bonchev–Trinajstić information content (AvgIpc) is 2.36. The van der Waals surface area contributed by atoms with E-state index in [-0.39, 0.29) is 15.8 Å². The van der Waals surface area contributed by atoms with E-state index in [1.54, 1.807) is 6.92 Å². The number of benzene rings is 1. The molecule has 0 heterocycles. The summed E-state index contributed by atoms with van der Waals surface area (Å²) >= 11 is 0. The van der Waals surface area contributed by atoms with Crippen molar-refractivity contribution in [2.45, 2.75) is 62.8 Å². The van der Waals surface area contributed by atoms with Gasteiger partial charge in [-0.15, -0.1) is 0 Å². The van der Waals surface area contributed by atoms with Crippen molar-refractivity contribution in [3.8, 4) is 0 Å². The molecule has 0 saturated carbocycles. The van der Waals surface area contributed by atoms with Crippen LogP contribution in [0.25, 0.3) is 0 Å². The van der Waals surface area contributed by atoms with Gasteiger partial charge >= 0.3 is 0 Å². The second-order valence-corrected chi connectivity index (χ2v) is 10.2. The molecule has 1 aromatic rings. The second-order valence-electron chi connectivity index (χ2n) is 6.55. The molecule has 0 aliphatic heterocycles. The van der Waals surface area contributed by atoms with Crippen LogP contribution in [0.1, 0.15) is 45.6 Å². The SMILES string of the molecule is Cc1ccc(S(C)(=O)=O)cc1S(=O)(=O)NC(C)CCCC(C)C. The van der Waals surface area contributed by atoms with E-state index in [0.29, 0.717) is 11.5 Å². The van der Waals surface area contributed by atoms with Crippen molar-refractivity contribution in [2.75, 3.05) is 6.26 Å². The predicted octanol–water partition coefficient (Wildman–Crippen LogP) is 2.89. The lowest BCUT2D eigenvalue weighted by Crippen LogP contribution is -2.33. The number of aryl methyl sites for hydroxylation is 1. The van der Waals surface area contributed by atoms with Gasteiger partial charge in [-0.3, -0.25) is 0 Å². The van der Waals surface area contributed by atoms with E-state index in [2.05, 4.69) is 18.6 Å². The minimum absolute atomic E-state index is 0.0101. The first-order valence-corrected chi connectivity index (χ1v) is 11.1. The highest BCUT2D eigenvalue weighted by Gasteiger charge is 2.21. The summed E-state index contributed by atoms with van der Waals surface area (Å²) in [4.78, 5) is 0.0343. The Morgan fingerprint density at radius 1 is 1.04 bits per heavy atom. The standard InChI is InChI=1S/C16H27NO4S2/c1-12(2)7-6-8-14(4)17-23(20,21)16-11-15(22(5,18)19)10-9-13(16)3/h9-12,14,17H,6-8H2,1-5H3. The molecule has 0 aliphatic carbocycles. The Balaban J connectivity index is 2.96. The maximum atomic E-state index is 12.5. The molecule has 0 aromatic heterocycles. The lowest BCUT2D eigenvalue weighted by atomic mass is 10.0. The number of sulfonamides is 1. The quantitative estimate of drug-likeness (QED) is 0.772. The molecule has 0 fully saturated rings. The third-order valence-corrected chi connectivity index (χ3v) is 6.49. The summed E-state index contributed by atoms with van der Waals surface area (Å²) in [7, 11) is -7.18. The molecule has 1 atom stereocenters. The lowest BCUT2D eigenvalue weighted by Gasteiger charge is -2.16. The Labute approximate surface area is 140 Å². The summed E-state index contributed by atoms with van der Waals surface area (Å²) in [5, 5.41) is 0. The molecule has 132 valence electrons. The number of hydrogen-bond acceptors (Lipinski definition) is 4. The highest BCUT2D eigenvalue weighted by Crippen LogP contribution is 2.21. The largest absolute Gasteiger partial charge is 0.241 e. The average molecular weight is 362 g/mol. The fourth-order valence-corrected chi connectivity index (χ4v) is 4.59. The maximum absolute atomic E-state index is 12.5. The molecular weight excluding hydrogens is 334 g/mol. The highest BCUT2D eigenvalue weighted by atomic mass is 32.2. The van der Waals surface area contributed by atoms with Crippen molar-refractivity contribution in [3.63, 3.8) is 0 Å². The van der Waals surface area contributed by atoms with E-state index in [1.807, 2.05) is 6.92 Å². The Hall–Kier alpha value is -0.920. The molecule has 7 heteroatoms. The first-order chi connectivity index (χ1) is 10.4. The zero-order chi connectivity index (χ0) is 17.8. The molecule has 0 amide bonds. The van der Waals surface area contributed by atoms with Gasteiger partial charge in [-0.2, -0.15) is 0 Å². The minimum atomic E-state index is -3.74. The van der Waals surface area contributed by atoms with Crippen LogP contribution in [0, 0.1) is 12.8 Å². The van der Waals surface area contributed by atoms with Gasteiger partial charge < -0.3 is 0 Å². The lowest BCUT2D eigenvalue weighted by molar-refractivity contribution is 0.488. The molecule has 5 nitrogen and oxygen atoms in total. The molecule has 0 saturated heterocycles. The number of nitrogens with one attached hydrogen (secondary N) is 1. The molecule has 0 bridgehead atoms. The van der Waals surface area contributed by atoms with E-state index in [0.717, 1.165) is 25.5 Å². The van der Waals surface area contributed by atoms with E-state index >= 15 is 0 Å². The highest BCUT2D eigenvalue weighted by molar-refractivity contribution is 7.91. The molecular formula is C16H27NO4S2. The molecule has 0 spiro atoms. The van der Waals surface area contributed by atoms with Crippen LogP contribution in [0.5, 0.6) is 0 Å². The number of hydrogen-bond donors (Lipinski definition) is 1. The van der Waals surface area contributed by atoms with Gasteiger partial charge in [-0.1, -0.05) is 32.8 Å². The van der Waals surface area contributed by atoms with Gasteiger partial charge in [0.1, 0.15) is 0 Å². The van der Waals surface area contributed by atoms with Gasteiger partial charge in [-0.05, 0) is 43.9 Å². The fraction of sp³-hybridized carbons (Fsp3) is 0.625. The molecule has 1 unspecified atom stereocenters. The Morgan fingerprint density at radius 2 is 1.65 bits per heavy atom. The van der Waals surface area contributed by atoms with Gasteiger partial charge in [0, 0.05) is 12.3 Å². The molecule has 1 N–H and O–H groups in total. The van der Waals surface area contributed by atoms with Crippen LogP contribution in [0.15, 0.2) is 28.0 Å².